The minimum atomic E-state index is -0.126. The average molecular weight is 356 g/mol. The van der Waals surface area contributed by atoms with E-state index in [0.717, 1.165) is 27.7 Å². The van der Waals surface area contributed by atoms with E-state index in [1.165, 1.54) is 5.56 Å². The van der Waals surface area contributed by atoms with Gasteiger partial charge in [0.2, 0.25) is 0 Å². The molecule has 5 heteroatoms. The molecule has 0 radical (unpaired) electrons. The van der Waals surface area contributed by atoms with E-state index in [0.29, 0.717) is 5.56 Å². The highest BCUT2D eigenvalue weighted by atomic mass is 16.1. The highest BCUT2D eigenvalue weighted by molar-refractivity contribution is 6.08. The van der Waals surface area contributed by atoms with Gasteiger partial charge in [-0.25, -0.2) is 0 Å². The normalized spacial score (nSPS) is 12.1. The highest BCUT2D eigenvalue weighted by Gasteiger charge is 2.17. The van der Waals surface area contributed by atoms with Gasteiger partial charge in [-0.15, -0.1) is 0 Å². The number of aromatic amines is 1. The van der Waals surface area contributed by atoms with E-state index in [1.807, 2.05) is 56.3 Å². The van der Waals surface area contributed by atoms with Gasteiger partial charge in [0, 0.05) is 23.3 Å². The zero-order valence-corrected chi connectivity index (χ0v) is 15.2. The first kappa shape index (κ1) is 17.0. The second-order valence-corrected chi connectivity index (χ2v) is 6.64. The Morgan fingerprint density at radius 1 is 1.04 bits per heavy atom. The Morgan fingerprint density at radius 2 is 1.78 bits per heavy atom. The van der Waals surface area contributed by atoms with Crippen molar-refractivity contribution in [1.29, 1.82) is 0 Å². The van der Waals surface area contributed by atoms with Crippen molar-refractivity contribution in [2.24, 2.45) is 0 Å². The summed E-state index contributed by atoms with van der Waals surface area (Å²) in [6.07, 6.45) is 3.46. The van der Waals surface area contributed by atoms with Crippen molar-refractivity contribution in [3.05, 3.63) is 83.7 Å². The second kappa shape index (κ2) is 7.03. The molecule has 0 bridgehead atoms. The Balaban J connectivity index is 1.64. The number of hydrogen-bond donors (Lipinski definition) is 2. The third kappa shape index (κ3) is 3.31. The molecular weight excluding hydrogens is 336 g/mol. The minimum absolute atomic E-state index is 0.0871. The molecular formula is C22H20N4O. The molecule has 27 heavy (non-hydrogen) atoms. The number of nitrogens with zero attached hydrogens (tertiary/aromatic N) is 2. The van der Waals surface area contributed by atoms with Crippen LogP contribution >= 0.6 is 0 Å². The number of H-pyrrole nitrogens is 1. The molecule has 4 aromatic rings. The molecule has 0 fully saturated rings. The fourth-order valence-electron chi connectivity index (χ4n) is 3.17. The van der Waals surface area contributed by atoms with Crippen LogP contribution in [0.3, 0.4) is 0 Å². The molecule has 4 rings (SSSR count). The Kier molecular flexibility index (Phi) is 4.42. The van der Waals surface area contributed by atoms with Gasteiger partial charge in [-0.1, -0.05) is 42.0 Å². The van der Waals surface area contributed by atoms with Crippen LogP contribution in [-0.4, -0.2) is 21.1 Å². The van der Waals surface area contributed by atoms with Crippen molar-refractivity contribution < 1.29 is 4.79 Å². The van der Waals surface area contributed by atoms with E-state index in [-0.39, 0.29) is 11.9 Å². The van der Waals surface area contributed by atoms with Gasteiger partial charge < -0.3 is 5.32 Å². The van der Waals surface area contributed by atoms with Gasteiger partial charge in [0.25, 0.3) is 5.91 Å². The van der Waals surface area contributed by atoms with Crippen molar-refractivity contribution in [1.82, 2.24) is 20.5 Å². The first-order chi connectivity index (χ1) is 13.1. The van der Waals surface area contributed by atoms with Gasteiger partial charge in [-0.2, -0.15) is 5.10 Å². The maximum absolute atomic E-state index is 12.9. The molecule has 0 spiro atoms. The van der Waals surface area contributed by atoms with Crippen LogP contribution in [0.4, 0.5) is 0 Å². The fourth-order valence-corrected chi connectivity index (χ4v) is 3.17. The van der Waals surface area contributed by atoms with Crippen LogP contribution in [-0.2, 0) is 0 Å². The average Bonchev–Trinajstić information content (AvgIpc) is 3.13. The summed E-state index contributed by atoms with van der Waals surface area (Å²) in [5.74, 6) is -0.126. The van der Waals surface area contributed by atoms with E-state index in [2.05, 4.69) is 32.6 Å². The summed E-state index contributed by atoms with van der Waals surface area (Å²) in [4.78, 5) is 16.9. The number of fused-ring (bicyclic) bond motifs is 1. The molecule has 0 saturated carbocycles. The van der Waals surface area contributed by atoms with Gasteiger partial charge in [-0.3, -0.25) is 14.9 Å². The Labute approximate surface area is 157 Å². The van der Waals surface area contributed by atoms with Crippen LogP contribution < -0.4 is 5.32 Å². The molecule has 2 N–H and O–H groups in total. The zero-order chi connectivity index (χ0) is 18.8. The third-order valence-corrected chi connectivity index (χ3v) is 4.72. The molecule has 134 valence electrons. The summed E-state index contributed by atoms with van der Waals surface area (Å²) < 4.78 is 0. The summed E-state index contributed by atoms with van der Waals surface area (Å²) in [5.41, 5.74) is 5.36. The predicted molar refractivity (Wildman–Crippen MR) is 106 cm³/mol. The van der Waals surface area contributed by atoms with Crippen molar-refractivity contribution in [2.45, 2.75) is 19.9 Å². The standard InChI is InChI=1S/C22H20N4O/c1-14-6-8-16(9-7-14)15(2)24-22(27)19-5-3-4-18-20(25-26-21(18)19)17-10-12-23-13-11-17/h3-13,15H,1-2H3,(H,24,27)(H,25,26)/t15-/m0/s1. The molecule has 2 heterocycles. The maximum Gasteiger partial charge on any atom is 0.253 e. The van der Waals surface area contributed by atoms with Crippen LogP contribution in [0.2, 0.25) is 0 Å². The Hall–Kier alpha value is -3.47. The summed E-state index contributed by atoms with van der Waals surface area (Å²) in [7, 11) is 0. The largest absolute Gasteiger partial charge is 0.345 e. The summed E-state index contributed by atoms with van der Waals surface area (Å²) in [6, 6.07) is 17.6. The van der Waals surface area contributed by atoms with Crippen molar-refractivity contribution in [3.63, 3.8) is 0 Å². The Bertz CT molecular complexity index is 1080. The second-order valence-electron chi connectivity index (χ2n) is 6.64. The van der Waals surface area contributed by atoms with E-state index in [1.54, 1.807) is 12.4 Å². The molecule has 0 aliphatic heterocycles. The number of nitrogens with one attached hydrogen (secondary N) is 2. The SMILES string of the molecule is Cc1ccc([C@H](C)NC(=O)c2cccc3c(-c4ccncc4)n[nH]c23)cc1. The number of hydrogen-bond acceptors (Lipinski definition) is 3. The van der Waals surface area contributed by atoms with E-state index in [4.69, 9.17) is 0 Å². The zero-order valence-electron chi connectivity index (χ0n) is 15.2. The van der Waals surface area contributed by atoms with Crippen molar-refractivity contribution in [3.8, 4) is 11.3 Å². The summed E-state index contributed by atoms with van der Waals surface area (Å²) in [5, 5.41) is 11.4. The van der Waals surface area contributed by atoms with Crippen molar-refractivity contribution >= 4 is 16.8 Å². The lowest BCUT2D eigenvalue weighted by Gasteiger charge is -2.15. The lowest BCUT2D eigenvalue weighted by molar-refractivity contribution is 0.0941. The van der Waals surface area contributed by atoms with E-state index < -0.39 is 0 Å². The topological polar surface area (TPSA) is 70.7 Å². The Morgan fingerprint density at radius 3 is 2.52 bits per heavy atom. The minimum Gasteiger partial charge on any atom is -0.345 e. The first-order valence-corrected chi connectivity index (χ1v) is 8.88. The van der Waals surface area contributed by atoms with Crippen molar-refractivity contribution in [2.75, 3.05) is 0 Å². The molecule has 0 aliphatic rings. The number of benzene rings is 2. The fraction of sp³-hybridized carbons (Fsp3) is 0.136. The highest BCUT2D eigenvalue weighted by Crippen LogP contribution is 2.28. The van der Waals surface area contributed by atoms with E-state index in [9.17, 15) is 4.79 Å². The smallest absolute Gasteiger partial charge is 0.253 e. The molecule has 1 amide bonds. The van der Waals surface area contributed by atoms with Crippen LogP contribution in [0.5, 0.6) is 0 Å². The lowest BCUT2D eigenvalue weighted by atomic mass is 10.0. The molecule has 0 saturated heterocycles. The molecule has 0 aliphatic carbocycles. The van der Waals surface area contributed by atoms with Crippen LogP contribution in [0.15, 0.2) is 67.0 Å². The van der Waals surface area contributed by atoms with Gasteiger partial charge >= 0.3 is 0 Å². The number of aryl methyl sites for hydroxylation is 1. The number of carbonyl (C=O) groups excluding carboxylic acids is 1. The van der Waals surface area contributed by atoms with Gasteiger partial charge in [0.1, 0.15) is 5.69 Å². The van der Waals surface area contributed by atoms with Gasteiger partial charge in [-0.05, 0) is 37.6 Å². The first-order valence-electron chi connectivity index (χ1n) is 8.88. The molecule has 2 aromatic carbocycles. The van der Waals surface area contributed by atoms with Crippen LogP contribution in [0.25, 0.3) is 22.2 Å². The molecule has 2 aromatic heterocycles. The van der Waals surface area contributed by atoms with E-state index >= 15 is 0 Å². The number of pyridine rings is 1. The quantitative estimate of drug-likeness (QED) is 0.568. The lowest BCUT2D eigenvalue weighted by Crippen LogP contribution is -2.26. The summed E-state index contributed by atoms with van der Waals surface area (Å²) in [6.45, 7) is 4.03. The van der Waals surface area contributed by atoms with Crippen LogP contribution in [0.1, 0.15) is 34.5 Å². The number of aromatic nitrogens is 3. The number of amides is 1. The number of para-hydroxylation sites is 1. The molecule has 0 unspecified atom stereocenters. The predicted octanol–water partition coefficient (Wildman–Crippen LogP) is 4.42. The van der Waals surface area contributed by atoms with Gasteiger partial charge in [0.05, 0.1) is 17.1 Å². The molecule has 5 nitrogen and oxygen atoms in total. The summed E-state index contributed by atoms with van der Waals surface area (Å²) >= 11 is 0. The number of rotatable bonds is 4. The van der Waals surface area contributed by atoms with Gasteiger partial charge in [0.15, 0.2) is 0 Å². The number of carbonyl (C=O) groups is 1. The monoisotopic (exact) mass is 356 g/mol. The maximum atomic E-state index is 12.9. The molecule has 1 atom stereocenters. The third-order valence-electron chi connectivity index (χ3n) is 4.72. The van der Waals surface area contributed by atoms with Crippen LogP contribution in [0, 0.1) is 6.92 Å².